The zero-order valence-corrected chi connectivity index (χ0v) is 6.65. The number of rotatable bonds is 1. The summed E-state index contributed by atoms with van der Waals surface area (Å²) in [6.07, 6.45) is 1.32. The number of hydrogen-bond donors (Lipinski definition) is 1. The molecule has 4 heteroatoms. The van der Waals surface area contributed by atoms with Gasteiger partial charge in [-0.1, -0.05) is 12.1 Å². The molecule has 1 N–H and O–H groups in total. The van der Waals surface area contributed by atoms with Gasteiger partial charge in [0.2, 0.25) is 5.43 Å². The quantitative estimate of drug-likeness (QED) is 0.671. The molecule has 0 radical (unpaired) electrons. The molecule has 0 bridgehead atoms. The molecule has 0 atom stereocenters. The number of nitrogens with zero attached hydrogens (tertiary/aromatic N) is 1. The number of fused-ring (bicyclic) bond motifs is 1. The van der Waals surface area contributed by atoms with E-state index in [4.69, 9.17) is 0 Å². The van der Waals surface area contributed by atoms with Crippen molar-refractivity contribution < 1.29 is 0 Å². The summed E-state index contributed by atoms with van der Waals surface area (Å²) in [6, 6.07) is 6.98. The molecule has 4 nitrogen and oxygen atoms in total. The van der Waals surface area contributed by atoms with Crippen LogP contribution in [-0.4, -0.2) is 4.98 Å². The van der Waals surface area contributed by atoms with Crippen molar-refractivity contribution in [3.05, 3.63) is 45.6 Å². The highest BCUT2D eigenvalue weighted by atomic mass is 16.3. The van der Waals surface area contributed by atoms with E-state index < -0.39 is 0 Å². The lowest BCUT2D eigenvalue weighted by atomic mass is 10.2. The van der Waals surface area contributed by atoms with Gasteiger partial charge in [-0.15, -0.1) is 4.91 Å². The van der Waals surface area contributed by atoms with E-state index in [0.717, 1.165) is 0 Å². The molecule has 1 aromatic heterocycles. The summed E-state index contributed by atoms with van der Waals surface area (Å²) in [4.78, 5) is 24.5. The largest absolute Gasteiger partial charge is 0.359 e. The number of aromatic nitrogens is 1. The third-order valence-corrected chi connectivity index (χ3v) is 1.87. The highest BCUT2D eigenvalue weighted by molar-refractivity contribution is 5.80. The second-order valence-corrected chi connectivity index (χ2v) is 2.64. The molecule has 0 aliphatic carbocycles. The van der Waals surface area contributed by atoms with Crippen molar-refractivity contribution in [2.24, 2.45) is 5.18 Å². The highest BCUT2D eigenvalue weighted by Crippen LogP contribution is 2.10. The van der Waals surface area contributed by atoms with Crippen molar-refractivity contribution in [2.45, 2.75) is 0 Å². The summed E-state index contributed by atoms with van der Waals surface area (Å²) in [5.41, 5.74) is 0.294. The summed E-state index contributed by atoms with van der Waals surface area (Å²) in [7, 11) is 0. The maximum Gasteiger partial charge on any atom is 0.218 e. The fourth-order valence-corrected chi connectivity index (χ4v) is 1.22. The van der Waals surface area contributed by atoms with E-state index in [1.807, 2.05) is 6.07 Å². The van der Waals surface area contributed by atoms with Crippen LogP contribution >= 0.6 is 0 Å². The second kappa shape index (κ2) is 2.82. The van der Waals surface area contributed by atoms with Gasteiger partial charge in [-0.2, -0.15) is 0 Å². The summed E-state index contributed by atoms with van der Waals surface area (Å²) in [5.74, 6) is 0. The van der Waals surface area contributed by atoms with Crippen LogP contribution in [0.4, 0.5) is 5.69 Å². The molecular weight excluding hydrogens is 168 g/mol. The standard InChI is InChI=1S/C9H6N2O2/c12-9-6-3-1-2-4-7(6)10-5-8(9)11-13/h1-5H,(H,10,12). The first-order valence-corrected chi connectivity index (χ1v) is 3.77. The van der Waals surface area contributed by atoms with Gasteiger partial charge in [-0.25, -0.2) is 0 Å². The van der Waals surface area contributed by atoms with Gasteiger partial charge in [-0.05, 0) is 17.3 Å². The summed E-state index contributed by atoms with van der Waals surface area (Å²) < 4.78 is 0. The molecular formula is C9H6N2O2. The minimum absolute atomic E-state index is 0.0845. The summed E-state index contributed by atoms with van der Waals surface area (Å²) in [5, 5.41) is 3.11. The van der Waals surface area contributed by atoms with Crippen molar-refractivity contribution in [3.63, 3.8) is 0 Å². The maximum atomic E-state index is 11.4. The maximum absolute atomic E-state index is 11.4. The molecule has 64 valence electrons. The Bertz CT molecular complexity index is 516. The Morgan fingerprint density at radius 3 is 2.77 bits per heavy atom. The van der Waals surface area contributed by atoms with E-state index in [9.17, 15) is 9.70 Å². The molecule has 1 heterocycles. The van der Waals surface area contributed by atoms with Crippen LogP contribution in [0.3, 0.4) is 0 Å². The van der Waals surface area contributed by atoms with E-state index in [0.29, 0.717) is 10.9 Å². The Morgan fingerprint density at radius 2 is 2.00 bits per heavy atom. The lowest BCUT2D eigenvalue weighted by Crippen LogP contribution is -2.01. The van der Waals surface area contributed by atoms with Gasteiger partial charge in [0.1, 0.15) is 0 Å². The molecule has 0 aliphatic rings. The van der Waals surface area contributed by atoms with E-state index in [2.05, 4.69) is 10.2 Å². The van der Waals surface area contributed by atoms with Crippen molar-refractivity contribution in [2.75, 3.05) is 0 Å². The van der Waals surface area contributed by atoms with Gasteiger partial charge in [0, 0.05) is 17.1 Å². The number of hydrogen-bond acceptors (Lipinski definition) is 3. The molecule has 13 heavy (non-hydrogen) atoms. The Morgan fingerprint density at radius 1 is 1.23 bits per heavy atom. The Labute approximate surface area is 73.2 Å². The van der Waals surface area contributed by atoms with E-state index in [1.54, 1.807) is 18.2 Å². The lowest BCUT2D eigenvalue weighted by Gasteiger charge is -1.95. The molecule has 0 aliphatic heterocycles. The first-order chi connectivity index (χ1) is 6.33. The van der Waals surface area contributed by atoms with Gasteiger partial charge >= 0.3 is 0 Å². The lowest BCUT2D eigenvalue weighted by molar-refractivity contribution is 1.34. The molecule has 2 rings (SSSR count). The number of nitroso groups, excluding NO2 is 1. The number of aromatic amines is 1. The van der Waals surface area contributed by atoms with Gasteiger partial charge < -0.3 is 4.98 Å². The minimum Gasteiger partial charge on any atom is -0.359 e. The molecule has 0 saturated heterocycles. The third-order valence-electron chi connectivity index (χ3n) is 1.87. The molecule has 2 aromatic rings. The topological polar surface area (TPSA) is 62.3 Å². The van der Waals surface area contributed by atoms with Crippen LogP contribution in [0.5, 0.6) is 0 Å². The van der Waals surface area contributed by atoms with E-state index in [1.165, 1.54) is 6.20 Å². The highest BCUT2D eigenvalue weighted by Gasteiger charge is 2.02. The van der Waals surface area contributed by atoms with Gasteiger partial charge in [0.15, 0.2) is 5.69 Å². The van der Waals surface area contributed by atoms with Crippen LogP contribution in [-0.2, 0) is 0 Å². The van der Waals surface area contributed by atoms with Crippen LogP contribution in [0.25, 0.3) is 10.9 Å². The van der Waals surface area contributed by atoms with Crippen LogP contribution in [0, 0.1) is 4.91 Å². The first kappa shape index (κ1) is 7.67. The molecule has 0 unspecified atom stereocenters. The predicted molar refractivity (Wildman–Crippen MR) is 50.0 cm³/mol. The fraction of sp³-hybridized carbons (Fsp3) is 0. The zero-order chi connectivity index (χ0) is 9.26. The molecule has 0 amide bonds. The van der Waals surface area contributed by atoms with Crippen molar-refractivity contribution >= 4 is 16.6 Å². The molecule has 0 spiro atoms. The number of nitrogens with one attached hydrogen (secondary N) is 1. The van der Waals surface area contributed by atoms with Crippen LogP contribution in [0.15, 0.2) is 40.4 Å². The molecule has 0 saturated carbocycles. The van der Waals surface area contributed by atoms with Crippen LogP contribution < -0.4 is 5.43 Å². The average Bonchev–Trinajstić information content (AvgIpc) is 2.19. The molecule has 1 aromatic carbocycles. The number of pyridine rings is 1. The van der Waals surface area contributed by atoms with Gasteiger partial charge in [0.25, 0.3) is 0 Å². The minimum atomic E-state index is -0.329. The Kier molecular flexibility index (Phi) is 1.66. The average molecular weight is 174 g/mol. The molecule has 0 fully saturated rings. The van der Waals surface area contributed by atoms with Gasteiger partial charge in [-0.3, -0.25) is 4.79 Å². The van der Waals surface area contributed by atoms with Crippen molar-refractivity contribution in [1.82, 2.24) is 4.98 Å². The van der Waals surface area contributed by atoms with E-state index >= 15 is 0 Å². The smallest absolute Gasteiger partial charge is 0.218 e. The van der Waals surface area contributed by atoms with Crippen molar-refractivity contribution in [3.8, 4) is 0 Å². The number of benzene rings is 1. The second-order valence-electron chi connectivity index (χ2n) is 2.64. The normalized spacial score (nSPS) is 10.2. The Balaban J connectivity index is 2.95. The van der Waals surface area contributed by atoms with E-state index in [-0.39, 0.29) is 11.1 Å². The fourth-order valence-electron chi connectivity index (χ4n) is 1.22. The monoisotopic (exact) mass is 174 g/mol. The summed E-state index contributed by atoms with van der Waals surface area (Å²) >= 11 is 0. The van der Waals surface area contributed by atoms with Crippen LogP contribution in [0.1, 0.15) is 0 Å². The summed E-state index contributed by atoms with van der Waals surface area (Å²) in [6.45, 7) is 0. The van der Waals surface area contributed by atoms with Crippen molar-refractivity contribution in [1.29, 1.82) is 0 Å². The SMILES string of the molecule is O=Nc1c[nH]c2ccccc2c1=O. The number of H-pyrrole nitrogens is 1. The number of para-hydroxylation sites is 1. The van der Waals surface area contributed by atoms with Gasteiger partial charge in [0.05, 0.1) is 0 Å². The third kappa shape index (κ3) is 1.12. The zero-order valence-electron chi connectivity index (χ0n) is 6.65. The first-order valence-electron chi connectivity index (χ1n) is 3.77. The van der Waals surface area contributed by atoms with Crippen LogP contribution in [0.2, 0.25) is 0 Å². The predicted octanol–water partition coefficient (Wildman–Crippen LogP) is 1.93. The Hall–Kier alpha value is -1.97.